The number of hydrogen-bond acceptors (Lipinski definition) is 18. The summed E-state index contributed by atoms with van der Waals surface area (Å²) in [5.74, 6) is -0.418. The number of nitrogens with one attached hydrogen (secondary N) is 1. The Kier molecular flexibility index (Phi) is 10.7. The number of nitrogens with two attached hydrogens (primary N) is 2. The summed E-state index contributed by atoms with van der Waals surface area (Å²) in [6.45, 7) is -1.18. The predicted octanol–water partition coefficient (Wildman–Crippen LogP) is -3.86. The third-order valence-corrected chi connectivity index (χ3v) is 9.71. The lowest BCUT2D eigenvalue weighted by atomic mass is 10.1. The molecule has 2 aliphatic rings. The molecule has 0 aliphatic carbocycles. The number of phosphoric ester groups is 2. The molecule has 2 saturated heterocycles. The molecule has 3 aromatic rings. The van der Waals surface area contributed by atoms with Crippen LogP contribution < -0.4 is 26.2 Å². The van der Waals surface area contributed by atoms with Crippen LogP contribution in [0.4, 0.5) is 5.82 Å². The molecule has 2 aliphatic heterocycles. The van der Waals surface area contributed by atoms with Crippen LogP contribution in [0.1, 0.15) is 22.8 Å². The summed E-state index contributed by atoms with van der Waals surface area (Å²) in [6, 6.07) is 2.82. The van der Waals surface area contributed by atoms with Gasteiger partial charge in [0, 0.05) is 19.2 Å². The summed E-state index contributed by atoms with van der Waals surface area (Å²) in [6.07, 6.45) is -6.92. The number of imidazole rings is 1. The number of anilines is 1. The second-order valence-electron chi connectivity index (χ2n) is 10.3. The number of pyridine rings is 1. The van der Waals surface area contributed by atoms with Gasteiger partial charge in [0.05, 0.1) is 19.5 Å². The molecule has 0 spiro atoms. The molecular weight excluding hydrogens is 674 g/mol. The SMILES string of the molecule is NCCNc1ncnc2c1ncn2C1OC(COP(=O)(O)OP(=O)([O-])OCC2OC([n+]3cccc(C(N)=O)c3)C(O)C2O)C(O)C1O. The lowest BCUT2D eigenvalue weighted by Gasteiger charge is -2.26. The van der Waals surface area contributed by atoms with Crippen molar-refractivity contribution in [3.8, 4) is 0 Å². The van der Waals surface area contributed by atoms with E-state index in [1.54, 1.807) is 0 Å². The van der Waals surface area contributed by atoms with Crippen LogP contribution in [0.25, 0.3) is 11.2 Å². The van der Waals surface area contributed by atoms with Crippen LogP contribution in [0, 0.1) is 0 Å². The van der Waals surface area contributed by atoms with Gasteiger partial charge in [-0.1, -0.05) is 0 Å². The number of primary amides is 1. The molecule has 3 aromatic heterocycles. The highest BCUT2D eigenvalue weighted by Crippen LogP contribution is 2.58. The molecular formula is C23H32N8O14P2. The molecule has 0 aromatic carbocycles. The Labute approximate surface area is 264 Å². The average Bonchev–Trinajstić information content (AvgIpc) is 3.67. The molecule has 5 rings (SSSR count). The predicted molar refractivity (Wildman–Crippen MR) is 150 cm³/mol. The van der Waals surface area contributed by atoms with Crippen LogP contribution in [-0.2, 0) is 32.0 Å². The first-order valence-corrected chi connectivity index (χ1v) is 16.8. The molecule has 22 nitrogen and oxygen atoms in total. The summed E-state index contributed by atoms with van der Waals surface area (Å²) < 4.78 is 51.9. The molecule has 10 atom stereocenters. The highest BCUT2D eigenvalue weighted by Gasteiger charge is 2.49. The van der Waals surface area contributed by atoms with Crippen LogP contribution >= 0.6 is 15.6 Å². The number of aromatic nitrogens is 5. The van der Waals surface area contributed by atoms with E-state index in [0.717, 1.165) is 0 Å². The van der Waals surface area contributed by atoms with E-state index in [1.165, 1.54) is 46.3 Å². The van der Waals surface area contributed by atoms with Crippen molar-refractivity contribution in [2.75, 3.05) is 31.6 Å². The number of amides is 1. The fraction of sp³-hybridized carbons (Fsp3) is 0.522. The maximum Gasteiger partial charge on any atom is 0.478 e. The number of aliphatic hydroxyl groups excluding tert-OH is 4. The van der Waals surface area contributed by atoms with Gasteiger partial charge in [-0.05, 0) is 6.07 Å². The Morgan fingerprint density at radius 3 is 2.49 bits per heavy atom. The van der Waals surface area contributed by atoms with E-state index < -0.39 is 83.8 Å². The third-order valence-electron chi connectivity index (χ3n) is 7.15. The smallest absolute Gasteiger partial charge is 0.478 e. The van der Waals surface area contributed by atoms with Crippen molar-refractivity contribution in [3.05, 3.63) is 42.7 Å². The number of fused-ring (bicyclic) bond motifs is 1. The molecule has 0 saturated carbocycles. The fourth-order valence-corrected chi connectivity index (χ4v) is 6.92. The van der Waals surface area contributed by atoms with Gasteiger partial charge in [-0.15, -0.1) is 0 Å². The zero-order chi connectivity index (χ0) is 34.1. The van der Waals surface area contributed by atoms with E-state index in [-0.39, 0.29) is 11.2 Å². The molecule has 24 heteroatoms. The van der Waals surface area contributed by atoms with Gasteiger partial charge in [0.2, 0.25) is 0 Å². The first-order chi connectivity index (χ1) is 22.2. The number of phosphoric acid groups is 2. The molecule has 10 unspecified atom stereocenters. The number of ether oxygens (including phenoxy) is 2. The van der Waals surface area contributed by atoms with Gasteiger partial charge in [0.15, 0.2) is 41.7 Å². The minimum absolute atomic E-state index is 0.0594. The number of hydrogen-bond donors (Lipinski definition) is 8. The topological polar surface area (TPSA) is 333 Å². The van der Waals surface area contributed by atoms with Gasteiger partial charge in [0.1, 0.15) is 42.4 Å². The largest absolute Gasteiger partial charge is 0.756 e. The van der Waals surface area contributed by atoms with E-state index in [0.29, 0.717) is 24.4 Å². The second-order valence-corrected chi connectivity index (χ2v) is 13.3. The maximum absolute atomic E-state index is 12.5. The molecule has 2 fully saturated rings. The van der Waals surface area contributed by atoms with Crippen LogP contribution in [0.3, 0.4) is 0 Å². The van der Waals surface area contributed by atoms with Gasteiger partial charge in [-0.25, -0.2) is 23.8 Å². The minimum atomic E-state index is -5.63. The van der Waals surface area contributed by atoms with Crippen LogP contribution in [0.15, 0.2) is 37.2 Å². The average molecular weight is 706 g/mol. The van der Waals surface area contributed by atoms with E-state index in [1.807, 2.05) is 0 Å². The van der Waals surface area contributed by atoms with Gasteiger partial charge in [-0.2, -0.15) is 4.57 Å². The van der Waals surface area contributed by atoms with E-state index in [4.69, 9.17) is 25.5 Å². The summed E-state index contributed by atoms with van der Waals surface area (Å²) in [7, 11) is -11.1. The van der Waals surface area contributed by atoms with Crippen molar-refractivity contribution in [2.24, 2.45) is 11.5 Å². The number of carbonyl (C=O) groups excluding carboxylic acids is 1. The number of aliphatic hydroxyl groups is 4. The number of carbonyl (C=O) groups is 1. The van der Waals surface area contributed by atoms with Crippen LogP contribution in [0.2, 0.25) is 0 Å². The van der Waals surface area contributed by atoms with E-state index in [9.17, 15) is 44.1 Å². The van der Waals surface area contributed by atoms with E-state index in [2.05, 4.69) is 29.1 Å². The normalized spacial score (nSPS) is 30.3. The minimum Gasteiger partial charge on any atom is -0.756 e. The van der Waals surface area contributed by atoms with Crippen molar-refractivity contribution in [1.29, 1.82) is 0 Å². The van der Waals surface area contributed by atoms with Gasteiger partial charge in [0.25, 0.3) is 20.0 Å². The van der Waals surface area contributed by atoms with Crippen LogP contribution in [0.5, 0.6) is 0 Å². The van der Waals surface area contributed by atoms with Crippen molar-refractivity contribution in [2.45, 2.75) is 49.1 Å². The number of nitrogens with zero attached hydrogens (tertiary/aromatic N) is 5. The summed E-state index contributed by atoms with van der Waals surface area (Å²) in [5.41, 5.74) is 11.3. The Balaban J connectivity index is 1.16. The Morgan fingerprint density at radius 2 is 1.77 bits per heavy atom. The lowest BCUT2D eigenvalue weighted by Crippen LogP contribution is -2.46. The standard InChI is InChI=1S/C23H32N8O14P2/c24-3-4-26-20-14-21(28-9-27-20)31(10-29-14)23-18(35)16(33)13(44-23)8-42-47(39,40)45-46(37,38)41-7-12-15(32)17(34)22(43-12)30-5-1-2-11(6-30)19(25)36/h1-2,5-6,9-10,12-13,15-18,22-23,32-35H,3-4,7-8,24H2,(H4-,25,26,27,28,36,37,38,39,40). The zero-order valence-corrected chi connectivity index (χ0v) is 25.9. The number of rotatable bonds is 14. The molecule has 10 N–H and O–H groups in total. The summed E-state index contributed by atoms with van der Waals surface area (Å²) >= 11 is 0. The van der Waals surface area contributed by atoms with Crippen LogP contribution in [-0.4, -0.2) is 114 Å². The molecule has 0 bridgehead atoms. The Hall–Kier alpha value is -3.05. The Bertz CT molecular complexity index is 1680. The van der Waals surface area contributed by atoms with Crippen molar-refractivity contribution in [3.63, 3.8) is 0 Å². The quantitative estimate of drug-likeness (QED) is 0.0587. The van der Waals surface area contributed by atoms with E-state index >= 15 is 0 Å². The first-order valence-electron chi connectivity index (χ1n) is 13.8. The highest BCUT2D eigenvalue weighted by atomic mass is 31.3. The van der Waals surface area contributed by atoms with Crippen molar-refractivity contribution in [1.82, 2.24) is 19.5 Å². The molecule has 5 heterocycles. The summed E-state index contributed by atoms with van der Waals surface area (Å²) in [5, 5.41) is 44.8. The second kappa shape index (κ2) is 14.2. The first kappa shape index (κ1) is 35.3. The van der Waals surface area contributed by atoms with Gasteiger partial charge < -0.3 is 61.0 Å². The molecule has 0 radical (unpaired) electrons. The third kappa shape index (κ3) is 7.82. The molecule has 1 amide bonds. The lowest BCUT2D eigenvalue weighted by molar-refractivity contribution is -0.765. The Morgan fingerprint density at radius 1 is 1.06 bits per heavy atom. The van der Waals surface area contributed by atoms with Gasteiger partial charge >= 0.3 is 7.82 Å². The van der Waals surface area contributed by atoms with Gasteiger partial charge in [-0.3, -0.25) is 18.5 Å². The summed E-state index contributed by atoms with van der Waals surface area (Å²) in [4.78, 5) is 46.3. The monoisotopic (exact) mass is 706 g/mol. The fourth-order valence-electron chi connectivity index (χ4n) is 4.87. The maximum atomic E-state index is 12.5. The zero-order valence-electron chi connectivity index (χ0n) is 24.1. The highest BCUT2D eigenvalue weighted by molar-refractivity contribution is 7.60. The van der Waals surface area contributed by atoms with Crippen molar-refractivity contribution < 1.29 is 71.5 Å². The molecule has 258 valence electrons. The molecule has 47 heavy (non-hydrogen) atoms. The van der Waals surface area contributed by atoms with Crippen molar-refractivity contribution >= 4 is 38.5 Å².